The van der Waals surface area contributed by atoms with Crippen LogP contribution in [-0.2, 0) is 11.2 Å². The number of benzene rings is 1. The lowest BCUT2D eigenvalue weighted by Crippen LogP contribution is -2.45. The molecule has 126 valence electrons. The fourth-order valence-corrected chi connectivity index (χ4v) is 5.12. The van der Waals surface area contributed by atoms with E-state index >= 15 is 0 Å². The van der Waals surface area contributed by atoms with Crippen LogP contribution in [0, 0.1) is 23.2 Å². The van der Waals surface area contributed by atoms with Crippen LogP contribution < -0.4 is 4.74 Å². The zero-order valence-corrected chi connectivity index (χ0v) is 14.5. The first-order valence-electron chi connectivity index (χ1n) is 8.84. The number of phenols is 1. The van der Waals surface area contributed by atoms with E-state index in [1.165, 1.54) is 12.8 Å². The highest BCUT2D eigenvalue weighted by Gasteiger charge is 2.47. The minimum absolute atomic E-state index is 0.129. The maximum atomic E-state index is 12.1. The van der Waals surface area contributed by atoms with Crippen LogP contribution in [0.3, 0.4) is 0 Å². The van der Waals surface area contributed by atoms with Gasteiger partial charge in [0.15, 0.2) is 0 Å². The summed E-state index contributed by atoms with van der Waals surface area (Å²) in [5.74, 6) is 2.80. The molecular weight excluding hydrogens is 288 g/mol. The van der Waals surface area contributed by atoms with Gasteiger partial charge in [0.05, 0.1) is 7.11 Å². The first kappa shape index (κ1) is 16.4. The molecule has 4 atom stereocenters. The number of carbonyl (C=O) groups excluding carboxylic acids is 1. The van der Waals surface area contributed by atoms with Gasteiger partial charge in [0.1, 0.15) is 17.3 Å². The van der Waals surface area contributed by atoms with E-state index in [9.17, 15) is 9.90 Å². The minimum Gasteiger partial charge on any atom is -0.508 e. The molecule has 3 nitrogen and oxygen atoms in total. The summed E-state index contributed by atoms with van der Waals surface area (Å²) in [4.78, 5) is 12.1. The molecule has 1 aromatic rings. The lowest BCUT2D eigenvalue weighted by molar-refractivity contribution is -0.132. The van der Waals surface area contributed by atoms with Crippen LogP contribution >= 0.6 is 0 Å². The molecule has 23 heavy (non-hydrogen) atoms. The highest BCUT2D eigenvalue weighted by Crippen LogP contribution is 2.54. The number of ether oxygens (including phenoxy) is 1. The highest BCUT2D eigenvalue weighted by atomic mass is 16.5. The van der Waals surface area contributed by atoms with Gasteiger partial charge >= 0.3 is 0 Å². The number of fused-ring (bicyclic) bond motifs is 1. The highest BCUT2D eigenvalue weighted by molar-refractivity contribution is 5.81. The summed E-state index contributed by atoms with van der Waals surface area (Å²) in [6.07, 6.45) is 6.05. The van der Waals surface area contributed by atoms with Crippen LogP contribution in [0.4, 0.5) is 0 Å². The Balaban J connectivity index is 1.91. The third-order valence-electron chi connectivity index (χ3n) is 6.46. The SMILES string of the molecule is COc1cccc(O)c1C[C@]1(C)CCCC2C1CCC(=O)[C@@H]2C. The number of hydrogen-bond acceptors (Lipinski definition) is 3. The van der Waals surface area contributed by atoms with Crippen molar-refractivity contribution in [1.29, 1.82) is 0 Å². The minimum atomic E-state index is 0.129. The third-order valence-corrected chi connectivity index (χ3v) is 6.46. The van der Waals surface area contributed by atoms with Crippen molar-refractivity contribution in [2.24, 2.45) is 23.2 Å². The van der Waals surface area contributed by atoms with Crippen molar-refractivity contribution in [2.75, 3.05) is 7.11 Å². The van der Waals surface area contributed by atoms with Gasteiger partial charge in [-0.3, -0.25) is 4.79 Å². The molecule has 2 fully saturated rings. The second kappa shape index (κ2) is 6.18. The first-order chi connectivity index (χ1) is 11.0. The van der Waals surface area contributed by atoms with Crippen LogP contribution in [0.1, 0.15) is 51.5 Å². The van der Waals surface area contributed by atoms with Gasteiger partial charge < -0.3 is 9.84 Å². The molecule has 3 rings (SSSR count). The fraction of sp³-hybridized carbons (Fsp3) is 0.650. The molecule has 2 aliphatic carbocycles. The summed E-state index contributed by atoms with van der Waals surface area (Å²) >= 11 is 0. The largest absolute Gasteiger partial charge is 0.508 e. The maximum Gasteiger partial charge on any atom is 0.135 e. The Hall–Kier alpha value is -1.51. The fourth-order valence-electron chi connectivity index (χ4n) is 5.12. The van der Waals surface area contributed by atoms with Crippen LogP contribution in [0.5, 0.6) is 11.5 Å². The molecule has 0 aliphatic heterocycles. The van der Waals surface area contributed by atoms with Crippen molar-refractivity contribution >= 4 is 5.78 Å². The summed E-state index contributed by atoms with van der Waals surface area (Å²) in [6.45, 7) is 4.46. The number of Topliss-reactive ketones (excluding diaryl/α,β-unsaturated/α-hetero) is 1. The zero-order valence-electron chi connectivity index (χ0n) is 14.5. The maximum absolute atomic E-state index is 12.1. The topological polar surface area (TPSA) is 46.5 Å². The van der Waals surface area contributed by atoms with E-state index in [1.807, 2.05) is 12.1 Å². The van der Waals surface area contributed by atoms with E-state index in [0.29, 0.717) is 23.4 Å². The molecule has 0 spiro atoms. The number of phenolic OH excluding ortho intramolecular Hbond substituents is 1. The standard InChI is InChI=1S/C20H28O3/c1-13-14-6-5-11-20(2,16(14)9-10-17(13)21)12-15-18(22)7-4-8-19(15)23-3/h4,7-8,13-14,16,22H,5-6,9-12H2,1-3H3/t13-,14?,16?,20+/m1/s1. The van der Waals surface area contributed by atoms with Crippen molar-refractivity contribution in [1.82, 2.24) is 0 Å². The second-order valence-corrected chi connectivity index (χ2v) is 7.74. The predicted molar refractivity (Wildman–Crippen MR) is 90.7 cm³/mol. The second-order valence-electron chi connectivity index (χ2n) is 7.74. The summed E-state index contributed by atoms with van der Waals surface area (Å²) in [6, 6.07) is 5.49. The van der Waals surface area contributed by atoms with E-state index in [2.05, 4.69) is 13.8 Å². The Morgan fingerprint density at radius 1 is 1.35 bits per heavy atom. The van der Waals surface area contributed by atoms with Gasteiger partial charge in [-0.2, -0.15) is 0 Å². The van der Waals surface area contributed by atoms with Crippen LogP contribution in [0.15, 0.2) is 18.2 Å². The number of aromatic hydroxyl groups is 1. The lowest BCUT2D eigenvalue weighted by atomic mass is 9.54. The smallest absolute Gasteiger partial charge is 0.135 e. The van der Waals surface area contributed by atoms with Crippen molar-refractivity contribution in [3.05, 3.63) is 23.8 Å². The molecule has 1 N–H and O–H groups in total. The summed E-state index contributed by atoms with van der Waals surface area (Å²) in [7, 11) is 1.66. The molecular formula is C20H28O3. The van der Waals surface area contributed by atoms with Gasteiger partial charge in [-0.1, -0.05) is 26.3 Å². The molecule has 2 unspecified atom stereocenters. The molecule has 0 bridgehead atoms. The van der Waals surface area contributed by atoms with E-state index in [0.717, 1.165) is 37.0 Å². The third kappa shape index (κ3) is 2.86. The first-order valence-corrected chi connectivity index (χ1v) is 8.84. The predicted octanol–water partition coefficient (Wildman–Crippen LogP) is 4.36. The Bertz CT molecular complexity index is 595. The van der Waals surface area contributed by atoms with Gasteiger partial charge in [0.2, 0.25) is 0 Å². The molecule has 0 saturated heterocycles. The molecule has 1 aromatic carbocycles. The normalized spacial score (nSPS) is 34.0. The van der Waals surface area contributed by atoms with Crippen LogP contribution in [0.25, 0.3) is 0 Å². The number of methoxy groups -OCH3 is 1. The molecule has 2 saturated carbocycles. The quantitative estimate of drug-likeness (QED) is 0.901. The van der Waals surface area contributed by atoms with Crippen LogP contribution in [0.2, 0.25) is 0 Å². The Labute approximate surface area is 139 Å². The van der Waals surface area contributed by atoms with E-state index in [4.69, 9.17) is 4.74 Å². The van der Waals surface area contributed by atoms with Gasteiger partial charge in [-0.05, 0) is 55.1 Å². The van der Waals surface area contributed by atoms with Crippen molar-refractivity contribution in [3.63, 3.8) is 0 Å². The molecule has 2 aliphatic rings. The number of ketones is 1. The van der Waals surface area contributed by atoms with Crippen molar-refractivity contribution in [3.8, 4) is 11.5 Å². The van der Waals surface area contributed by atoms with Gasteiger partial charge in [-0.25, -0.2) is 0 Å². The Morgan fingerprint density at radius 3 is 2.87 bits per heavy atom. The number of rotatable bonds is 3. The van der Waals surface area contributed by atoms with Crippen LogP contribution in [-0.4, -0.2) is 18.0 Å². The molecule has 0 radical (unpaired) electrons. The summed E-state index contributed by atoms with van der Waals surface area (Å²) in [5, 5.41) is 10.3. The molecule has 0 aromatic heterocycles. The number of carbonyl (C=O) groups is 1. The van der Waals surface area contributed by atoms with Gasteiger partial charge in [0.25, 0.3) is 0 Å². The average molecular weight is 316 g/mol. The van der Waals surface area contributed by atoms with Gasteiger partial charge in [-0.15, -0.1) is 0 Å². The Morgan fingerprint density at radius 2 is 2.13 bits per heavy atom. The van der Waals surface area contributed by atoms with Crippen molar-refractivity contribution < 1.29 is 14.6 Å². The van der Waals surface area contributed by atoms with E-state index in [1.54, 1.807) is 13.2 Å². The van der Waals surface area contributed by atoms with Crippen molar-refractivity contribution in [2.45, 2.75) is 52.4 Å². The van der Waals surface area contributed by atoms with E-state index < -0.39 is 0 Å². The summed E-state index contributed by atoms with van der Waals surface area (Å²) in [5.41, 5.74) is 1.05. The average Bonchev–Trinajstić information content (AvgIpc) is 2.53. The summed E-state index contributed by atoms with van der Waals surface area (Å²) < 4.78 is 5.47. The lowest BCUT2D eigenvalue weighted by Gasteiger charge is -2.50. The van der Waals surface area contributed by atoms with Gasteiger partial charge in [0, 0.05) is 17.9 Å². The molecule has 0 amide bonds. The number of hydrogen-bond donors (Lipinski definition) is 1. The Kier molecular flexibility index (Phi) is 4.39. The monoisotopic (exact) mass is 316 g/mol. The van der Waals surface area contributed by atoms with E-state index in [-0.39, 0.29) is 11.3 Å². The molecule has 3 heteroatoms. The molecule has 0 heterocycles. The zero-order chi connectivity index (χ0) is 16.6.